The number of rotatable bonds is 6. The van der Waals surface area contributed by atoms with Crippen LogP contribution in [0.25, 0.3) is 0 Å². The predicted octanol–water partition coefficient (Wildman–Crippen LogP) is 4.64. The van der Waals surface area contributed by atoms with Crippen LogP contribution in [0.3, 0.4) is 0 Å². The molecule has 0 aliphatic carbocycles. The van der Waals surface area contributed by atoms with Crippen LogP contribution in [0.2, 0.25) is 0 Å². The first-order chi connectivity index (χ1) is 10.9. The second kappa shape index (κ2) is 7.97. The van der Waals surface area contributed by atoms with Crippen LogP contribution < -0.4 is 10.1 Å². The van der Waals surface area contributed by atoms with Crippen LogP contribution in [0.5, 0.6) is 5.75 Å². The highest BCUT2D eigenvalue weighted by Crippen LogP contribution is 2.26. The molecule has 0 saturated carbocycles. The van der Waals surface area contributed by atoms with E-state index >= 15 is 0 Å². The van der Waals surface area contributed by atoms with Crippen molar-refractivity contribution in [2.45, 2.75) is 24.5 Å². The fraction of sp³-hybridized carbons (Fsp3) is 0.235. The first-order valence-electron chi connectivity index (χ1n) is 6.99. The van der Waals surface area contributed by atoms with Crippen molar-refractivity contribution in [3.63, 3.8) is 0 Å². The highest BCUT2D eigenvalue weighted by molar-refractivity contribution is 7.99. The summed E-state index contributed by atoms with van der Waals surface area (Å²) in [5.74, 6) is -2.13. The van der Waals surface area contributed by atoms with E-state index in [0.29, 0.717) is 28.1 Å². The van der Waals surface area contributed by atoms with E-state index in [1.54, 1.807) is 12.1 Å². The fourth-order valence-corrected chi connectivity index (χ4v) is 2.37. The van der Waals surface area contributed by atoms with Crippen LogP contribution in [0.15, 0.2) is 47.4 Å². The lowest BCUT2D eigenvalue weighted by Gasteiger charge is -2.09. The summed E-state index contributed by atoms with van der Waals surface area (Å²) in [6.07, 6.45) is 0. The van der Waals surface area contributed by atoms with Gasteiger partial charge in [0.25, 0.3) is 11.7 Å². The minimum absolute atomic E-state index is 0.115. The molecule has 0 saturated heterocycles. The Labute approximate surface area is 138 Å². The molecule has 0 unspecified atom stereocenters. The highest BCUT2D eigenvalue weighted by Gasteiger charge is 2.07. The van der Waals surface area contributed by atoms with Crippen molar-refractivity contribution >= 4 is 23.4 Å². The van der Waals surface area contributed by atoms with Crippen LogP contribution in [-0.2, 0) is 4.79 Å². The molecule has 2 rings (SSSR count). The first-order valence-corrected chi connectivity index (χ1v) is 7.87. The second-order valence-corrected chi connectivity index (χ2v) is 6.05. The van der Waals surface area contributed by atoms with E-state index in [2.05, 4.69) is 5.32 Å². The van der Waals surface area contributed by atoms with Crippen molar-refractivity contribution in [1.29, 1.82) is 0 Å². The molecule has 23 heavy (non-hydrogen) atoms. The van der Waals surface area contributed by atoms with Gasteiger partial charge in [0.2, 0.25) is 0 Å². The van der Waals surface area contributed by atoms with Gasteiger partial charge in [-0.15, -0.1) is 0 Å². The van der Waals surface area contributed by atoms with Crippen LogP contribution in [0.1, 0.15) is 11.1 Å². The zero-order chi connectivity index (χ0) is 16.8. The van der Waals surface area contributed by atoms with Gasteiger partial charge >= 0.3 is 0 Å². The molecule has 0 aromatic heterocycles. The van der Waals surface area contributed by atoms with Crippen LogP contribution in [0.4, 0.5) is 14.5 Å². The number of nitrogens with one attached hydrogen (secondary N) is 1. The number of carbonyl (C=O) groups is 1. The Morgan fingerprint density at radius 2 is 1.83 bits per heavy atom. The summed E-state index contributed by atoms with van der Waals surface area (Å²) in [6.45, 7) is 3.86. The van der Waals surface area contributed by atoms with E-state index < -0.39 is 5.76 Å². The van der Waals surface area contributed by atoms with E-state index in [4.69, 9.17) is 4.74 Å². The van der Waals surface area contributed by atoms with E-state index in [0.717, 1.165) is 11.1 Å². The Morgan fingerprint density at radius 1 is 1.13 bits per heavy atom. The number of aryl methyl sites for hydroxylation is 2. The molecule has 1 amide bonds. The lowest BCUT2D eigenvalue weighted by molar-refractivity contribution is -0.118. The van der Waals surface area contributed by atoms with Gasteiger partial charge in [0.1, 0.15) is 5.75 Å². The number of ether oxygens (including phenoxy) is 1. The first kappa shape index (κ1) is 17.3. The van der Waals surface area contributed by atoms with Crippen molar-refractivity contribution < 1.29 is 18.3 Å². The largest absolute Gasteiger partial charge is 0.484 e. The number of carbonyl (C=O) groups excluding carboxylic acids is 1. The van der Waals surface area contributed by atoms with Crippen molar-refractivity contribution in [3.05, 3.63) is 53.6 Å². The summed E-state index contributed by atoms with van der Waals surface area (Å²) < 4.78 is 29.9. The predicted molar refractivity (Wildman–Crippen MR) is 88.3 cm³/mol. The molecule has 0 fully saturated rings. The van der Waals surface area contributed by atoms with Crippen molar-refractivity contribution in [2.75, 3.05) is 11.9 Å². The van der Waals surface area contributed by atoms with Crippen molar-refractivity contribution in [2.24, 2.45) is 0 Å². The van der Waals surface area contributed by atoms with Gasteiger partial charge in [-0.2, -0.15) is 8.78 Å². The van der Waals surface area contributed by atoms with Gasteiger partial charge in [-0.05, 0) is 61.4 Å². The molecule has 0 aliphatic heterocycles. The lowest BCUT2D eigenvalue weighted by Crippen LogP contribution is -2.20. The molecule has 1 N–H and O–H groups in total. The van der Waals surface area contributed by atoms with Gasteiger partial charge in [-0.1, -0.05) is 17.8 Å². The SMILES string of the molecule is Cc1ccc(OCC(=O)Nc2ccc(SC(F)F)cc2)cc1C. The minimum Gasteiger partial charge on any atom is -0.484 e. The Hall–Kier alpha value is -2.08. The molecule has 2 aromatic carbocycles. The number of halogens is 2. The van der Waals surface area contributed by atoms with Crippen molar-refractivity contribution in [3.8, 4) is 5.75 Å². The van der Waals surface area contributed by atoms with Gasteiger partial charge < -0.3 is 10.1 Å². The zero-order valence-electron chi connectivity index (χ0n) is 12.8. The van der Waals surface area contributed by atoms with Crippen molar-refractivity contribution in [1.82, 2.24) is 0 Å². The smallest absolute Gasteiger partial charge is 0.288 e. The summed E-state index contributed by atoms with van der Waals surface area (Å²) in [5.41, 5.74) is 2.79. The highest BCUT2D eigenvalue weighted by atomic mass is 32.2. The quantitative estimate of drug-likeness (QED) is 0.781. The van der Waals surface area contributed by atoms with E-state index in [9.17, 15) is 13.6 Å². The summed E-state index contributed by atoms with van der Waals surface area (Å²) in [5, 5.41) is 2.66. The third-order valence-electron chi connectivity index (χ3n) is 3.21. The fourth-order valence-electron chi connectivity index (χ4n) is 1.87. The van der Waals surface area contributed by atoms with Gasteiger partial charge in [-0.25, -0.2) is 0 Å². The maximum atomic E-state index is 12.2. The molecular weight excluding hydrogens is 320 g/mol. The standard InChI is InChI=1S/C17H17F2NO2S/c1-11-3-6-14(9-12(11)2)22-10-16(21)20-13-4-7-15(8-5-13)23-17(18)19/h3-9,17H,10H2,1-2H3,(H,20,21). The molecule has 0 bridgehead atoms. The summed E-state index contributed by atoms with van der Waals surface area (Å²) in [4.78, 5) is 12.3. The Kier molecular flexibility index (Phi) is 5.98. The molecule has 3 nitrogen and oxygen atoms in total. The van der Waals surface area contributed by atoms with Gasteiger partial charge in [0.15, 0.2) is 6.61 Å². The summed E-state index contributed by atoms with van der Waals surface area (Å²) in [6, 6.07) is 11.9. The normalized spacial score (nSPS) is 10.7. The number of alkyl halides is 2. The lowest BCUT2D eigenvalue weighted by atomic mass is 10.1. The van der Waals surface area contributed by atoms with E-state index in [-0.39, 0.29) is 12.5 Å². The molecule has 0 radical (unpaired) electrons. The van der Waals surface area contributed by atoms with Gasteiger partial charge in [-0.3, -0.25) is 4.79 Å². The van der Waals surface area contributed by atoms with Gasteiger partial charge in [0.05, 0.1) is 0 Å². The monoisotopic (exact) mass is 337 g/mol. The molecule has 2 aromatic rings. The molecular formula is C17H17F2NO2S. The topological polar surface area (TPSA) is 38.3 Å². The van der Waals surface area contributed by atoms with E-state index in [1.807, 2.05) is 32.0 Å². The number of hydrogen-bond donors (Lipinski definition) is 1. The Morgan fingerprint density at radius 3 is 2.43 bits per heavy atom. The second-order valence-electron chi connectivity index (χ2n) is 4.99. The van der Waals surface area contributed by atoms with Crippen LogP contribution in [0, 0.1) is 13.8 Å². The number of hydrogen-bond acceptors (Lipinski definition) is 3. The molecule has 0 spiro atoms. The third kappa shape index (κ3) is 5.56. The Balaban J connectivity index is 1.85. The average Bonchev–Trinajstić information content (AvgIpc) is 2.50. The molecule has 122 valence electrons. The van der Waals surface area contributed by atoms with Gasteiger partial charge in [0, 0.05) is 10.6 Å². The molecule has 0 aliphatic rings. The number of benzene rings is 2. The maximum absolute atomic E-state index is 12.2. The maximum Gasteiger partial charge on any atom is 0.288 e. The third-order valence-corrected chi connectivity index (χ3v) is 3.93. The molecule has 0 heterocycles. The molecule has 0 atom stereocenters. The van der Waals surface area contributed by atoms with Crippen LogP contribution in [-0.4, -0.2) is 18.3 Å². The number of amides is 1. The minimum atomic E-state index is -2.46. The Bertz CT molecular complexity index is 675. The average molecular weight is 337 g/mol. The number of thioether (sulfide) groups is 1. The summed E-state index contributed by atoms with van der Waals surface area (Å²) in [7, 11) is 0. The van der Waals surface area contributed by atoms with E-state index in [1.165, 1.54) is 12.1 Å². The summed E-state index contributed by atoms with van der Waals surface area (Å²) >= 11 is 0.465. The molecule has 6 heteroatoms. The zero-order valence-corrected chi connectivity index (χ0v) is 13.6. The van der Waals surface area contributed by atoms with Crippen LogP contribution >= 0.6 is 11.8 Å². The number of anilines is 1.